The third kappa shape index (κ3) is 2.13. The van der Waals surface area contributed by atoms with Gasteiger partial charge in [-0.05, 0) is 6.92 Å². The molecule has 1 aliphatic carbocycles. The van der Waals surface area contributed by atoms with Crippen LogP contribution in [-0.4, -0.2) is 18.5 Å². The first-order chi connectivity index (χ1) is 5.06. The van der Waals surface area contributed by atoms with E-state index in [1.165, 1.54) is 0 Å². The van der Waals surface area contributed by atoms with E-state index >= 15 is 0 Å². The quantitative estimate of drug-likeness (QED) is 0.592. The van der Waals surface area contributed by atoms with Crippen LogP contribution in [0.4, 0.5) is 8.78 Å². The van der Waals surface area contributed by atoms with Gasteiger partial charge in [0.15, 0.2) is 0 Å². The van der Waals surface area contributed by atoms with Gasteiger partial charge in [0.1, 0.15) is 0 Å². The first kappa shape index (κ1) is 8.43. The Balaban J connectivity index is 2.18. The molecule has 0 heterocycles. The fourth-order valence-electron chi connectivity index (χ4n) is 0.912. The molecule has 0 radical (unpaired) electrons. The maximum atomic E-state index is 12.2. The van der Waals surface area contributed by atoms with Crippen molar-refractivity contribution in [2.45, 2.75) is 25.7 Å². The Morgan fingerprint density at radius 1 is 1.73 bits per heavy atom. The summed E-state index contributed by atoms with van der Waals surface area (Å²) in [5.74, 6) is -3.89. The monoisotopic (exact) mass is 164 g/mol. The van der Waals surface area contributed by atoms with Crippen LogP contribution in [0.3, 0.4) is 0 Å². The second-order valence-corrected chi connectivity index (χ2v) is 2.67. The minimum absolute atomic E-state index is 0.138. The van der Waals surface area contributed by atoms with Crippen LogP contribution in [0.2, 0.25) is 0 Å². The number of halogens is 2. The Bertz CT molecular complexity index is 168. The molecule has 0 aromatic carbocycles. The van der Waals surface area contributed by atoms with Gasteiger partial charge in [-0.2, -0.15) is 0 Å². The third-order valence-electron chi connectivity index (χ3n) is 1.67. The van der Waals surface area contributed by atoms with E-state index in [0.29, 0.717) is 0 Å². The summed E-state index contributed by atoms with van der Waals surface area (Å²) >= 11 is 0. The molecule has 0 saturated heterocycles. The van der Waals surface area contributed by atoms with Crippen LogP contribution in [0, 0.1) is 5.92 Å². The van der Waals surface area contributed by atoms with E-state index in [2.05, 4.69) is 4.74 Å². The van der Waals surface area contributed by atoms with Gasteiger partial charge in [-0.3, -0.25) is 4.79 Å². The molecule has 0 N–H and O–H groups in total. The van der Waals surface area contributed by atoms with Gasteiger partial charge in [-0.15, -0.1) is 0 Å². The average molecular weight is 164 g/mol. The van der Waals surface area contributed by atoms with E-state index < -0.39 is 17.8 Å². The maximum absolute atomic E-state index is 12.2. The van der Waals surface area contributed by atoms with Crippen LogP contribution < -0.4 is 0 Å². The largest absolute Gasteiger partial charge is 0.466 e. The molecule has 1 fully saturated rings. The topological polar surface area (TPSA) is 26.3 Å². The van der Waals surface area contributed by atoms with Crippen LogP contribution in [-0.2, 0) is 9.53 Å². The summed E-state index contributed by atoms with van der Waals surface area (Å²) in [7, 11) is 0. The summed E-state index contributed by atoms with van der Waals surface area (Å²) in [6.45, 7) is 1.92. The number of esters is 1. The standard InChI is InChI=1S/C7H10F2O2/c1-2-11-6(10)3-5-4-7(5,8)9/h5H,2-4H2,1H3/t5-/m0/s1. The summed E-state index contributed by atoms with van der Waals surface area (Å²) < 4.78 is 28.9. The van der Waals surface area contributed by atoms with E-state index in [1.54, 1.807) is 6.92 Å². The Morgan fingerprint density at radius 3 is 2.64 bits per heavy atom. The molecular formula is C7H10F2O2. The number of carbonyl (C=O) groups is 1. The minimum atomic E-state index is -2.60. The lowest BCUT2D eigenvalue weighted by Crippen LogP contribution is -2.07. The molecule has 0 aromatic heterocycles. The molecular weight excluding hydrogens is 154 g/mol. The van der Waals surface area contributed by atoms with Crippen LogP contribution >= 0.6 is 0 Å². The van der Waals surface area contributed by atoms with Crippen LogP contribution in [0.1, 0.15) is 19.8 Å². The van der Waals surface area contributed by atoms with Crippen molar-refractivity contribution < 1.29 is 18.3 Å². The summed E-state index contributed by atoms with van der Waals surface area (Å²) in [5.41, 5.74) is 0. The normalized spacial score (nSPS) is 26.3. The van der Waals surface area contributed by atoms with Gasteiger partial charge in [0.2, 0.25) is 0 Å². The molecule has 0 bridgehead atoms. The van der Waals surface area contributed by atoms with Gasteiger partial charge < -0.3 is 4.74 Å². The summed E-state index contributed by atoms with van der Waals surface area (Å²) in [4.78, 5) is 10.6. The van der Waals surface area contributed by atoms with Crippen molar-refractivity contribution in [1.29, 1.82) is 0 Å². The molecule has 0 unspecified atom stereocenters. The van der Waals surface area contributed by atoms with Crippen LogP contribution in [0.5, 0.6) is 0 Å². The average Bonchev–Trinajstić information content (AvgIpc) is 2.39. The molecule has 11 heavy (non-hydrogen) atoms. The van der Waals surface area contributed by atoms with Gasteiger partial charge in [-0.25, -0.2) is 8.78 Å². The van der Waals surface area contributed by atoms with Crippen molar-refractivity contribution in [2.75, 3.05) is 6.61 Å². The van der Waals surface area contributed by atoms with Crippen molar-refractivity contribution in [2.24, 2.45) is 5.92 Å². The van der Waals surface area contributed by atoms with Crippen molar-refractivity contribution in [3.63, 3.8) is 0 Å². The maximum Gasteiger partial charge on any atom is 0.306 e. The highest BCUT2D eigenvalue weighted by Crippen LogP contribution is 2.50. The lowest BCUT2D eigenvalue weighted by Gasteiger charge is -1.99. The lowest BCUT2D eigenvalue weighted by atomic mass is 10.3. The molecule has 64 valence electrons. The smallest absolute Gasteiger partial charge is 0.306 e. The highest BCUT2D eigenvalue weighted by Gasteiger charge is 2.57. The number of alkyl halides is 2. The Kier molecular flexibility index (Phi) is 2.11. The minimum Gasteiger partial charge on any atom is -0.466 e. The summed E-state index contributed by atoms with van der Waals surface area (Å²) in [5, 5.41) is 0. The molecule has 4 heteroatoms. The van der Waals surface area contributed by atoms with Crippen LogP contribution in [0.25, 0.3) is 0 Å². The first-order valence-corrected chi connectivity index (χ1v) is 3.59. The Labute approximate surface area is 63.5 Å². The third-order valence-corrected chi connectivity index (χ3v) is 1.67. The highest BCUT2D eigenvalue weighted by atomic mass is 19.3. The van der Waals surface area contributed by atoms with E-state index in [-0.39, 0.29) is 19.4 Å². The molecule has 0 spiro atoms. The van der Waals surface area contributed by atoms with Gasteiger partial charge in [0.05, 0.1) is 13.0 Å². The van der Waals surface area contributed by atoms with Crippen LogP contribution in [0.15, 0.2) is 0 Å². The van der Waals surface area contributed by atoms with E-state index in [9.17, 15) is 13.6 Å². The number of ether oxygens (including phenoxy) is 1. The zero-order valence-corrected chi connectivity index (χ0v) is 6.27. The van der Waals surface area contributed by atoms with Crippen molar-refractivity contribution in [1.82, 2.24) is 0 Å². The molecule has 1 atom stereocenters. The molecule has 1 rings (SSSR count). The van der Waals surface area contributed by atoms with E-state index in [0.717, 1.165) is 0 Å². The predicted octanol–water partition coefficient (Wildman–Crippen LogP) is 1.59. The molecule has 1 saturated carbocycles. The predicted molar refractivity (Wildman–Crippen MR) is 34.3 cm³/mol. The molecule has 0 aliphatic heterocycles. The van der Waals surface area contributed by atoms with Gasteiger partial charge >= 0.3 is 5.97 Å². The Morgan fingerprint density at radius 2 is 2.27 bits per heavy atom. The second-order valence-electron chi connectivity index (χ2n) is 2.67. The van der Waals surface area contributed by atoms with Gasteiger partial charge in [-0.1, -0.05) is 0 Å². The van der Waals surface area contributed by atoms with Gasteiger partial charge in [0.25, 0.3) is 5.92 Å². The Hall–Kier alpha value is -0.670. The molecule has 0 amide bonds. The van der Waals surface area contributed by atoms with Crippen molar-refractivity contribution in [3.05, 3.63) is 0 Å². The highest BCUT2D eigenvalue weighted by molar-refractivity contribution is 5.70. The van der Waals surface area contributed by atoms with E-state index in [1.807, 2.05) is 0 Å². The number of hydrogen-bond acceptors (Lipinski definition) is 2. The molecule has 2 nitrogen and oxygen atoms in total. The second kappa shape index (κ2) is 2.75. The van der Waals surface area contributed by atoms with E-state index in [4.69, 9.17) is 0 Å². The molecule has 1 aliphatic rings. The van der Waals surface area contributed by atoms with Crippen molar-refractivity contribution >= 4 is 5.97 Å². The number of rotatable bonds is 3. The first-order valence-electron chi connectivity index (χ1n) is 3.59. The fraction of sp³-hybridized carbons (Fsp3) is 0.857. The number of carbonyl (C=O) groups excluding carboxylic acids is 1. The number of hydrogen-bond donors (Lipinski definition) is 0. The van der Waals surface area contributed by atoms with Gasteiger partial charge in [0, 0.05) is 12.3 Å². The fourth-order valence-corrected chi connectivity index (χ4v) is 0.912. The zero-order valence-electron chi connectivity index (χ0n) is 6.27. The SMILES string of the molecule is CCOC(=O)C[C@H]1CC1(F)F. The lowest BCUT2D eigenvalue weighted by molar-refractivity contribution is -0.144. The summed E-state index contributed by atoms with van der Waals surface area (Å²) in [6, 6.07) is 0. The van der Waals surface area contributed by atoms with Crippen molar-refractivity contribution in [3.8, 4) is 0 Å². The zero-order chi connectivity index (χ0) is 8.48. The molecule has 0 aromatic rings. The summed E-state index contributed by atoms with van der Waals surface area (Å²) in [6.07, 6.45) is -0.299.